The van der Waals surface area contributed by atoms with Crippen LogP contribution in [0.4, 0.5) is 5.69 Å². The first-order valence-electron chi connectivity index (χ1n) is 12.5. The van der Waals surface area contributed by atoms with Crippen molar-refractivity contribution in [1.29, 1.82) is 0 Å². The lowest BCUT2D eigenvalue weighted by atomic mass is 10.00. The van der Waals surface area contributed by atoms with E-state index in [-0.39, 0.29) is 18.2 Å². The molecule has 0 saturated heterocycles. The van der Waals surface area contributed by atoms with Crippen LogP contribution in [0.3, 0.4) is 0 Å². The Bertz CT molecular complexity index is 1440. The third-order valence-electron chi connectivity index (χ3n) is 6.85. The summed E-state index contributed by atoms with van der Waals surface area (Å²) in [7, 11) is -1.96. The van der Waals surface area contributed by atoms with Gasteiger partial charge in [-0.2, -0.15) is 0 Å². The summed E-state index contributed by atoms with van der Waals surface area (Å²) in [6, 6.07) is 12.6. The second-order valence-corrected chi connectivity index (χ2v) is 11.4. The van der Waals surface area contributed by atoms with Crippen LogP contribution in [0.5, 0.6) is 0 Å². The van der Waals surface area contributed by atoms with E-state index in [0.717, 1.165) is 22.0 Å². The summed E-state index contributed by atoms with van der Waals surface area (Å²) in [5.74, 6) is 5.36. The van der Waals surface area contributed by atoms with E-state index >= 15 is 0 Å². The molecule has 1 amide bonds. The molecule has 0 fully saturated rings. The predicted octanol–water partition coefficient (Wildman–Crippen LogP) is 2.30. The number of amides is 1. The molecule has 2 heterocycles. The van der Waals surface area contributed by atoms with Gasteiger partial charge in [0.1, 0.15) is 0 Å². The predicted molar refractivity (Wildman–Crippen MR) is 147 cm³/mol. The van der Waals surface area contributed by atoms with E-state index in [1.807, 2.05) is 54.1 Å². The molecule has 37 heavy (non-hydrogen) atoms. The van der Waals surface area contributed by atoms with Crippen LogP contribution in [-0.4, -0.2) is 62.0 Å². The van der Waals surface area contributed by atoms with Gasteiger partial charge in [-0.15, -0.1) is 5.92 Å². The van der Waals surface area contributed by atoms with Gasteiger partial charge >= 0.3 is 0 Å². The lowest BCUT2D eigenvalue weighted by molar-refractivity contribution is 0.0833. The minimum absolute atomic E-state index is 0.0172. The molecule has 3 N–H and O–H groups in total. The van der Waals surface area contributed by atoms with E-state index in [0.29, 0.717) is 37.2 Å². The highest BCUT2D eigenvalue weighted by atomic mass is 32.2. The van der Waals surface area contributed by atoms with E-state index in [9.17, 15) is 18.3 Å². The molecule has 1 aliphatic rings. The molecule has 0 saturated carbocycles. The Morgan fingerprint density at radius 2 is 1.97 bits per heavy atom. The number of aliphatic hydroxyl groups excluding tert-OH is 1. The Morgan fingerprint density at radius 1 is 1.22 bits per heavy atom. The zero-order valence-electron chi connectivity index (χ0n) is 21.5. The van der Waals surface area contributed by atoms with E-state index < -0.39 is 22.2 Å². The van der Waals surface area contributed by atoms with Crippen molar-refractivity contribution >= 4 is 32.5 Å². The first kappa shape index (κ1) is 26.7. The zero-order valence-corrected chi connectivity index (χ0v) is 22.3. The first-order chi connectivity index (χ1) is 17.7. The lowest BCUT2D eigenvalue weighted by Gasteiger charge is -2.25. The van der Waals surface area contributed by atoms with Gasteiger partial charge in [0.15, 0.2) is 0 Å². The summed E-state index contributed by atoms with van der Waals surface area (Å²) in [6.45, 7) is 5.17. The van der Waals surface area contributed by atoms with E-state index in [4.69, 9.17) is 0 Å². The van der Waals surface area contributed by atoms with Gasteiger partial charge in [-0.05, 0) is 49.9 Å². The number of nitrogens with one attached hydrogen (secondary N) is 2. The average molecular weight is 523 g/mol. The molecule has 0 unspecified atom stereocenters. The second-order valence-electron chi connectivity index (χ2n) is 9.26. The van der Waals surface area contributed by atoms with Crippen molar-refractivity contribution in [2.24, 2.45) is 0 Å². The highest BCUT2D eigenvalue weighted by Crippen LogP contribution is 2.36. The molecule has 4 rings (SSSR count). The number of aromatic nitrogens is 1. The summed E-state index contributed by atoms with van der Waals surface area (Å²) in [4.78, 5) is 13.6. The van der Waals surface area contributed by atoms with Crippen molar-refractivity contribution in [2.75, 3.05) is 30.2 Å². The molecule has 3 aromatic rings. The summed E-state index contributed by atoms with van der Waals surface area (Å²) < 4.78 is 29.0. The van der Waals surface area contributed by atoms with Gasteiger partial charge in [0, 0.05) is 37.3 Å². The van der Waals surface area contributed by atoms with Crippen molar-refractivity contribution in [3.8, 4) is 11.8 Å². The first-order valence-corrected chi connectivity index (χ1v) is 14.1. The fourth-order valence-electron chi connectivity index (χ4n) is 4.76. The summed E-state index contributed by atoms with van der Waals surface area (Å²) in [5.41, 5.74) is 3.62. The SMILES string of the molecule is CC#CCNC[C@@H](O)[C@H](Cc1ccccc1)NC(=O)c1cc2c3c(cn(CC)c3c1)CCS(=O)(=O)N2C. The number of aliphatic hydroxyl groups is 1. The number of anilines is 1. The minimum Gasteiger partial charge on any atom is -0.390 e. The van der Waals surface area contributed by atoms with Gasteiger partial charge in [0.25, 0.3) is 5.91 Å². The van der Waals surface area contributed by atoms with Crippen LogP contribution in [0.25, 0.3) is 10.9 Å². The monoisotopic (exact) mass is 522 g/mol. The standard InChI is InChI=1S/C28H34N4O4S/c1-4-6-13-29-18-26(33)23(15-20-10-8-7-9-11-20)30-28(34)22-16-24-27-21(12-14-37(35,36)31(24)3)19-32(5-2)25(27)17-22/h7-11,16-17,19,23,26,29,33H,5,12-15,18H2,1-3H3,(H,30,34)/t23-,26+/m0/s1. The maximum Gasteiger partial charge on any atom is 0.251 e. The largest absolute Gasteiger partial charge is 0.390 e. The van der Waals surface area contributed by atoms with Crippen LogP contribution in [0.1, 0.15) is 35.3 Å². The normalized spacial score (nSPS) is 15.9. The molecule has 2 atom stereocenters. The highest BCUT2D eigenvalue weighted by Gasteiger charge is 2.29. The van der Waals surface area contributed by atoms with Gasteiger partial charge in [-0.25, -0.2) is 8.42 Å². The van der Waals surface area contributed by atoms with Crippen molar-refractivity contribution in [2.45, 2.75) is 45.4 Å². The molecule has 0 bridgehead atoms. The van der Waals surface area contributed by atoms with E-state index in [1.165, 1.54) is 11.4 Å². The van der Waals surface area contributed by atoms with Crippen molar-refractivity contribution in [1.82, 2.24) is 15.2 Å². The Balaban J connectivity index is 1.68. The number of nitrogens with zero attached hydrogens (tertiary/aromatic N) is 2. The van der Waals surface area contributed by atoms with Gasteiger partial charge in [-0.1, -0.05) is 36.3 Å². The maximum atomic E-state index is 13.6. The molecule has 8 nitrogen and oxygen atoms in total. The van der Waals surface area contributed by atoms with Gasteiger partial charge in [-0.3, -0.25) is 9.10 Å². The third kappa shape index (κ3) is 5.82. The fraction of sp³-hybridized carbons (Fsp3) is 0.393. The molecule has 0 radical (unpaired) electrons. The van der Waals surface area contributed by atoms with Crippen LogP contribution in [0.15, 0.2) is 48.7 Å². The lowest BCUT2D eigenvalue weighted by Crippen LogP contribution is -2.48. The van der Waals surface area contributed by atoms with Gasteiger partial charge < -0.3 is 20.3 Å². The number of benzene rings is 2. The number of aryl methyl sites for hydroxylation is 2. The third-order valence-corrected chi connectivity index (χ3v) is 8.60. The summed E-state index contributed by atoms with van der Waals surface area (Å²) in [5, 5.41) is 17.9. The van der Waals surface area contributed by atoms with Crippen LogP contribution >= 0.6 is 0 Å². The van der Waals surface area contributed by atoms with Crippen molar-refractivity contribution < 1.29 is 18.3 Å². The number of hydrogen-bond acceptors (Lipinski definition) is 5. The van der Waals surface area contributed by atoms with Crippen molar-refractivity contribution in [3.63, 3.8) is 0 Å². The Morgan fingerprint density at radius 3 is 2.68 bits per heavy atom. The molecular weight excluding hydrogens is 488 g/mol. The maximum absolute atomic E-state index is 13.6. The highest BCUT2D eigenvalue weighted by molar-refractivity contribution is 7.92. The quantitative estimate of drug-likeness (QED) is 0.296. The average Bonchev–Trinajstić information content (AvgIpc) is 3.22. The number of carbonyl (C=O) groups is 1. The number of rotatable bonds is 9. The van der Waals surface area contributed by atoms with Gasteiger partial charge in [0.2, 0.25) is 10.0 Å². The zero-order chi connectivity index (χ0) is 26.6. The number of sulfonamides is 1. The van der Waals surface area contributed by atoms with E-state index in [1.54, 1.807) is 13.0 Å². The van der Waals surface area contributed by atoms with Crippen LogP contribution in [0, 0.1) is 11.8 Å². The molecule has 2 aromatic carbocycles. The number of carbonyl (C=O) groups excluding carboxylic acids is 1. The molecule has 196 valence electrons. The molecule has 1 aromatic heterocycles. The molecular formula is C28H34N4O4S. The second kappa shape index (κ2) is 11.4. The minimum atomic E-state index is -3.50. The fourth-order valence-corrected chi connectivity index (χ4v) is 5.96. The van der Waals surface area contributed by atoms with Crippen LogP contribution in [0.2, 0.25) is 0 Å². The van der Waals surface area contributed by atoms with Crippen LogP contribution in [-0.2, 0) is 29.4 Å². The topological polar surface area (TPSA) is 104 Å². The summed E-state index contributed by atoms with van der Waals surface area (Å²) in [6.07, 6.45) is 1.99. The Kier molecular flexibility index (Phi) is 8.22. The molecule has 1 aliphatic heterocycles. The van der Waals surface area contributed by atoms with E-state index in [2.05, 4.69) is 22.5 Å². The number of hydrogen-bond donors (Lipinski definition) is 3. The van der Waals surface area contributed by atoms with Gasteiger partial charge in [0.05, 0.1) is 35.6 Å². The smallest absolute Gasteiger partial charge is 0.251 e. The Labute approximate surface area is 218 Å². The molecule has 0 aliphatic carbocycles. The molecule has 0 spiro atoms. The Hall–Kier alpha value is -3.32. The van der Waals surface area contributed by atoms with Crippen molar-refractivity contribution in [3.05, 3.63) is 65.4 Å². The molecule has 9 heteroatoms. The van der Waals surface area contributed by atoms with Crippen LogP contribution < -0.4 is 14.9 Å². The summed E-state index contributed by atoms with van der Waals surface area (Å²) >= 11 is 0.